The highest BCUT2D eigenvalue weighted by molar-refractivity contribution is 7.90. The molecule has 1 unspecified atom stereocenters. The van der Waals surface area contributed by atoms with E-state index < -0.39 is 9.84 Å². The number of sulfone groups is 1. The lowest BCUT2D eigenvalue weighted by atomic mass is 10.1. The Labute approximate surface area is 143 Å². The summed E-state index contributed by atoms with van der Waals surface area (Å²) in [6.07, 6.45) is 1.21. The van der Waals surface area contributed by atoms with Gasteiger partial charge in [0.15, 0.2) is 5.96 Å². The first-order valence-corrected chi connectivity index (χ1v) is 10.7. The molecule has 6 nitrogen and oxygen atoms in total. The lowest BCUT2D eigenvalue weighted by molar-refractivity contribution is 0.154. The summed E-state index contributed by atoms with van der Waals surface area (Å²) in [5, 5.41) is 8.45. The zero-order valence-electron chi connectivity index (χ0n) is 14.0. The van der Waals surface area contributed by atoms with Crippen LogP contribution < -0.4 is 10.6 Å². The van der Waals surface area contributed by atoms with Crippen molar-refractivity contribution in [3.8, 4) is 0 Å². The third-order valence-electron chi connectivity index (χ3n) is 3.03. The second-order valence-electron chi connectivity index (χ2n) is 5.31. The van der Waals surface area contributed by atoms with E-state index in [2.05, 4.69) is 40.1 Å². The number of hydrogen-bond donors (Lipinski definition) is 2. The van der Waals surface area contributed by atoms with Gasteiger partial charge >= 0.3 is 0 Å². The molecule has 23 heavy (non-hydrogen) atoms. The summed E-state index contributed by atoms with van der Waals surface area (Å²) < 4.78 is 27.3. The van der Waals surface area contributed by atoms with Gasteiger partial charge in [0, 0.05) is 30.1 Å². The van der Waals surface area contributed by atoms with Crippen LogP contribution in [0.1, 0.15) is 24.6 Å². The standard InChI is InChI=1S/C15H27N3O3S2/c1-4-16-15(17-7-8-21-9-11-23(3,19)20)18-12-13(2)14-6-5-10-22-14/h5-6,10,13H,4,7-9,11-12H2,1-3H3,(H2,16,17,18). The van der Waals surface area contributed by atoms with Crippen molar-refractivity contribution in [1.29, 1.82) is 0 Å². The number of nitrogens with one attached hydrogen (secondary N) is 2. The SMILES string of the molecule is CCNC(=NCC(C)c1cccs1)NCCOCCS(C)(=O)=O. The average Bonchev–Trinajstić information content (AvgIpc) is 3.01. The summed E-state index contributed by atoms with van der Waals surface area (Å²) in [6.45, 7) is 6.93. The molecule has 1 rings (SSSR count). The maximum Gasteiger partial charge on any atom is 0.191 e. The van der Waals surface area contributed by atoms with E-state index in [9.17, 15) is 8.42 Å². The highest BCUT2D eigenvalue weighted by Crippen LogP contribution is 2.20. The van der Waals surface area contributed by atoms with E-state index in [0.717, 1.165) is 12.5 Å². The predicted octanol–water partition coefficient (Wildman–Crippen LogP) is 1.47. The Hall–Kier alpha value is -1.12. The largest absolute Gasteiger partial charge is 0.379 e. The average molecular weight is 362 g/mol. The second kappa shape index (κ2) is 10.6. The number of hydrogen-bond acceptors (Lipinski definition) is 5. The number of guanidine groups is 1. The van der Waals surface area contributed by atoms with Gasteiger partial charge in [-0.3, -0.25) is 4.99 Å². The Morgan fingerprint density at radius 1 is 1.39 bits per heavy atom. The molecule has 1 heterocycles. The van der Waals surface area contributed by atoms with Gasteiger partial charge in [0.05, 0.1) is 25.5 Å². The smallest absolute Gasteiger partial charge is 0.191 e. The van der Waals surface area contributed by atoms with Gasteiger partial charge in [-0.2, -0.15) is 0 Å². The molecule has 0 saturated carbocycles. The molecule has 0 aromatic carbocycles. The van der Waals surface area contributed by atoms with Crippen LogP contribution in [0.4, 0.5) is 0 Å². The molecule has 1 atom stereocenters. The first-order valence-electron chi connectivity index (χ1n) is 7.73. The lowest BCUT2D eigenvalue weighted by Crippen LogP contribution is -2.39. The Bertz CT molecular complexity index is 557. The Balaban J connectivity index is 2.29. The van der Waals surface area contributed by atoms with Crippen molar-refractivity contribution in [2.45, 2.75) is 19.8 Å². The molecule has 1 aromatic rings. The van der Waals surface area contributed by atoms with Gasteiger partial charge in [-0.25, -0.2) is 8.42 Å². The van der Waals surface area contributed by atoms with Gasteiger partial charge in [-0.05, 0) is 18.4 Å². The summed E-state index contributed by atoms with van der Waals surface area (Å²) in [4.78, 5) is 5.90. The minimum atomic E-state index is -2.96. The van der Waals surface area contributed by atoms with E-state index in [1.54, 1.807) is 11.3 Å². The summed E-state index contributed by atoms with van der Waals surface area (Å²) >= 11 is 1.75. The summed E-state index contributed by atoms with van der Waals surface area (Å²) in [5.41, 5.74) is 0. The van der Waals surface area contributed by atoms with Gasteiger partial charge in [0.2, 0.25) is 0 Å². The van der Waals surface area contributed by atoms with Gasteiger partial charge < -0.3 is 15.4 Å². The molecule has 0 amide bonds. The quantitative estimate of drug-likeness (QED) is 0.375. The van der Waals surface area contributed by atoms with Crippen LogP contribution >= 0.6 is 11.3 Å². The topological polar surface area (TPSA) is 79.8 Å². The van der Waals surface area contributed by atoms with Crippen molar-refractivity contribution in [1.82, 2.24) is 10.6 Å². The van der Waals surface area contributed by atoms with E-state index in [1.165, 1.54) is 11.1 Å². The highest BCUT2D eigenvalue weighted by atomic mass is 32.2. The molecule has 2 N–H and O–H groups in total. The van der Waals surface area contributed by atoms with Crippen molar-refractivity contribution in [3.05, 3.63) is 22.4 Å². The summed E-state index contributed by atoms with van der Waals surface area (Å²) in [7, 11) is -2.96. The van der Waals surface area contributed by atoms with Gasteiger partial charge in [0.25, 0.3) is 0 Å². The first kappa shape index (κ1) is 19.9. The predicted molar refractivity (Wildman–Crippen MR) is 97.2 cm³/mol. The number of aliphatic imine (C=N–C) groups is 1. The van der Waals surface area contributed by atoms with Crippen LogP contribution in [0.25, 0.3) is 0 Å². The van der Waals surface area contributed by atoms with E-state index >= 15 is 0 Å². The van der Waals surface area contributed by atoms with Crippen molar-refractivity contribution >= 4 is 27.1 Å². The van der Waals surface area contributed by atoms with Crippen LogP contribution in [-0.2, 0) is 14.6 Å². The van der Waals surface area contributed by atoms with Crippen molar-refractivity contribution in [2.75, 3.05) is 44.9 Å². The van der Waals surface area contributed by atoms with Crippen LogP contribution in [0.3, 0.4) is 0 Å². The van der Waals surface area contributed by atoms with E-state index in [-0.39, 0.29) is 12.4 Å². The van der Waals surface area contributed by atoms with Crippen LogP contribution in [0, 0.1) is 0 Å². The van der Waals surface area contributed by atoms with Crippen LogP contribution in [0.2, 0.25) is 0 Å². The molecule has 0 radical (unpaired) electrons. The van der Waals surface area contributed by atoms with E-state index in [4.69, 9.17) is 4.74 Å². The molecule has 0 aliphatic rings. The van der Waals surface area contributed by atoms with Crippen LogP contribution in [-0.4, -0.2) is 59.2 Å². The van der Waals surface area contributed by atoms with Crippen molar-refractivity contribution in [3.63, 3.8) is 0 Å². The van der Waals surface area contributed by atoms with Gasteiger partial charge in [0.1, 0.15) is 9.84 Å². The number of nitrogens with zero attached hydrogens (tertiary/aromatic N) is 1. The molecule has 1 aromatic heterocycles. The molecule has 8 heteroatoms. The zero-order valence-corrected chi connectivity index (χ0v) is 15.7. The van der Waals surface area contributed by atoms with Gasteiger partial charge in [-0.1, -0.05) is 13.0 Å². The Morgan fingerprint density at radius 2 is 2.17 bits per heavy atom. The number of thiophene rings is 1. The number of ether oxygens (including phenoxy) is 1. The molecule has 0 aliphatic heterocycles. The normalized spacial score (nSPS) is 13.8. The maximum absolute atomic E-state index is 11.0. The van der Waals surface area contributed by atoms with Crippen LogP contribution in [0.15, 0.2) is 22.5 Å². The highest BCUT2D eigenvalue weighted by Gasteiger charge is 2.06. The maximum atomic E-state index is 11.0. The zero-order chi connectivity index (χ0) is 17.1. The molecule has 0 saturated heterocycles. The Kier molecular flexibility index (Phi) is 9.20. The molecule has 132 valence electrons. The Morgan fingerprint density at radius 3 is 2.78 bits per heavy atom. The molecule has 0 spiro atoms. The number of rotatable bonds is 10. The fraction of sp³-hybridized carbons (Fsp3) is 0.667. The minimum absolute atomic E-state index is 0.0550. The van der Waals surface area contributed by atoms with Crippen LogP contribution in [0.5, 0.6) is 0 Å². The molecule has 0 fully saturated rings. The second-order valence-corrected chi connectivity index (χ2v) is 8.54. The molecular formula is C15H27N3O3S2. The lowest BCUT2D eigenvalue weighted by Gasteiger charge is -2.13. The van der Waals surface area contributed by atoms with Crippen molar-refractivity contribution in [2.24, 2.45) is 4.99 Å². The van der Waals surface area contributed by atoms with E-state index in [0.29, 0.717) is 25.6 Å². The van der Waals surface area contributed by atoms with Gasteiger partial charge in [-0.15, -0.1) is 11.3 Å². The molecule has 0 aliphatic carbocycles. The van der Waals surface area contributed by atoms with Crippen molar-refractivity contribution < 1.29 is 13.2 Å². The fourth-order valence-electron chi connectivity index (χ4n) is 1.79. The monoisotopic (exact) mass is 361 g/mol. The summed E-state index contributed by atoms with van der Waals surface area (Å²) in [5.74, 6) is 1.19. The fourth-order valence-corrected chi connectivity index (χ4v) is 2.98. The minimum Gasteiger partial charge on any atom is -0.379 e. The molecule has 0 bridgehead atoms. The first-order chi connectivity index (χ1) is 10.9. The summed E-state index contributed by atoms with van der Waals surface area (Å²) in [6, 6.07) is 4.18. The third-order valence-corrected chi connectivity index (χ3v) is 5.05. The molecular weight excluding hydrogens is 334 g/mol. The van der Waals surface area contributed by atoms with E-state index in [1.807, 2.05) is 6.92 Å². The third kappa shape index (κ3) is 9.58.